The van der Waals surface area contributed by atoms with Crippen LogP contribution in [-0.2, 0) is 27.8 Å². The maximum atomic E-state index is 13.3. The van der Waals surface area contributed by atoms with Crippen molar-refractivity contribution in [1.29, 1.82) is 0 Å². The molecule has 4 atom stereocenters. The third kappa shape index (κ3) is 3.31. The van der Waals surface area contributed by atoms with E-state index in [4.69, 9.17) is 14.2 Å². The van der Waals surface area contributed by atoms with Gasteiger partial charge in [-0.1, -0.05) is 43.3 Å². The van der Waals surface area contributed by atoms with Gasteiger partial charge in [-0.15, -0.1) is 0 Å². The third-order valence-corrected chi connectivity index (χ3v) is 8.95. The van der Waals surface area contributed by atoms with Gasteiger partial charge in [0.05, 0.1) is 19.8 Å². The number of aryl methyl sites for hydroxylation is 1. The highest BCUT2D eigenvalue weighted by atomic mass is 16.5. The van der Waals surface area contributed by atoms with Gasteiger partial charge in [-0.3, -0.25) is 4.79 Å². The number of hydrogen-bond donors (Lipinski definition) is 0. The summed E-state index contributed by atoms with van der Waals surface area (Å²) in [4.78, 5) is 15.8. The molecule has 1 unspecified atom stereocenters. The summed E-state index contributed by atoms with van der Waals surface area (Å²) >= 11 is 0. The number of likely N-dealkylation sites (tertiary alicyclic amines) is 1. The monoisotopic (exact) mass is 463 g/mol. The van der Waals surface area contributed by atoms with E-state index in [9.17, 15) is 4.79 Å². The second-order valence-electron chi connectivity index (χ2n) is 10.3. The number of carbonyl (C=O) groups is 1. The molecule has 5 heteroatoms. The Hall–Kier alpha value is -2.37. The Morgan fingerprint density at radius 2 is 1.85 bits per heavy atom. The number of carbonyl (C=O) groups excluding carboxylic acids is 1. The Balaban J connectivity index is 1.59. The smallest absolute Gasteiger partial charge is 0.164 e. The molecule has 0 radical (unpaired) electrons. The number of hydrogen-bond acceptors (Lipinski definition) is 5. The Morgan fingerprint density at radius 1 is 1.06 bits per heavy atom. The van der Waals surface area contributed by atoms with E-state index in [1.807, 2.05) is 6.07 Å². The second kappa shape index (κ2) is 9.01. The second-order valence-corrected chi connectivity index (χ2v) is 10.3. The van der Waals surface area contributed by atoms with Gasteiger partial charge in [-0.25, -0.2) is 0 Å². The maximum Gasteiger partial charge on any atom is 0.164 e. The highest BCUT2D eigenvalue weighted by molar-refractivity contribution is 5.85. The number of methoxy groups -OCH3 is 2. The number of ether oxygens (including phenoxy) is 3. The zero-order valence-electron chi connectivity index (χ0n) is 20.9. The molecule has 1 saturated heterocycles. The van der Waals surface area contributed by atoms with Crippen molar-refractivity contribution >= 4 is 5.78 Å². The van der Waals surface area contributed by atoms with Gasteiger partial charge in [0.2, 0.25) is 0 Å². The quantitative estimate of drug-likeness (QED) is 0.562. The Labute approximate surface area is 203 Å². The average Bonchev–Trinajstić information content (AvgIpc) is 2.86. The minimum Gasteiger partial charge on any atom is -0.493 e. The summed E-state index contributed by atoms with van der Waals surface area (Å²) in [6, 6.07) is 15.0. The summed E-state index contributed by atoms with van der Waals surface area (Å²) in [5.74, 6) is 1.72. The fourth-order valence-electron chi connectivity index (χ4n) is 7.33. The topological polar surface area (TPSA) is 48.0 Å². The van der Waals surface area contributed by atoms with Crippen molar-refractivity contribution in [1.82, 2.24) is 4.90 Å². The number of likely N-dealkylation sites (N-methyl/N-ethyl adjacent to an activating group) is 1. The molecule has 5 nitrogen and oxygen atoms in total. The molecule has 34 heavy (non-hydrogen) atoms. The molecule has 2 aromatic carbocycles. The first-order chi connectivity index (χ1) is 16.5. The van der Waals surface area contributed by atoms with Crippen molar-refractivity contribution in [2.45, 2.75) is 62.5 Å². The summed E-state index contributed by atoms with van der Waals surface area (Å²) in [6.45, 7) is 3.75. The van der Waals surface area contributed by atoms with Crippen LogP contribution in [0.1, 0.15) is 49.3 Å². The SMILES string of the molecule is COc1ccc2c(c1OC)[C@]13CCN(C)[C@H](C2)[C@]1(OCCCc1ccccc1)CCC(=O)C3C. The Morgan fingerprint density at radius 3 is 2.59 bits per heavy atom. The standard InChI is InChI=1S/C29H37NO4/c1-20-23(31)14-15-29(34-18-8-11-21-9-6-5-7-10-21)25-19-22-12-13-24(32-3)27(33-4)26(22)28(20,29)16-17-30(25)2/h5-7,9-10,12-13,20,25H,8,11,14-19H2,1-4H3/t20?,25-,28-,29-/m1/s1. The van der Waals surface area contributed by atoms with Gasteiger partial charge in [0.1, 0.15) is 5.78 Å². The lowest BCUT2D eigenvalue weighted by Gasteiger charge is -2.66. The van der Waals surface area contributed by atoms with Crippen LogP contribution in [0.15, 0.2) is 42.5 Å². The molecule has 0 amide bonds. The lowest BCUT2D eigenvalue weighted by Crippen LogP contribution is -2.76. The zero-order chi connectivity index (χ0) is 23.9. The predicted octanol–water partition coefficient (Wildman–Crippen LogP) is 4.59. The van der Waals surface area contributed by atoms with E-state index < -0.39 is 11.0 Å². The summed E-state index contributed by atoms with van der Waals surface area (Å²) in [6.07, 6.45) is 5.06. The van der Waals surface area contributed by atoms with Crippen LogP contribution < -0.4 is 9.47 Å². The third-order valence-electron chi connectivity index (χ3n) is 8.95. The molecule has 2 bridgehead atoms. The number of nitrogens with zero attached hydrogens (tertiary/aromatic N) is 1. The number of Topliss-reactive ketones (excluding diaryl/α,β-unsaturated/α-hetero) is 1. The summed E-state index contributed by atoms with van der Waals surface area (Å²) < 4.78 is 18.8. The van der Waals surface area contributed by atoms with Crippen LogP contribution in [0.25, 0.3) is 0 Å². The van der Waals surface area contributed by atoms with Gasteiger partial charge in [-0.05, 0) is 62.9 Å². The number of fused-ring (bicyclic) bond motifs is 1. The van der Waals surface area contributed by atoms with Gasteiger partial charge in [0.25, 0.3) is 0 Å². The molecule has 1 heterocycles. The van der Waals surface area contributed by atoms with Crippen LogP contribution >= 0.6 is 0 Å². The lowest BCUT2D eigenvalue weighted by atomic mass is 9.45. The Bertz CT molecular complexity index is 1050. The fraction of sp³-hybridized carbons (Fsp3) is 0.552. The molecule has 5 rings (SSSR count). The van der Waals surface area contributed by atoms with E-state index in [-0.39, 0.29) is 12.0 Å². The maximum absolute atomic E-state index is 13.3. The molecule has 0 aromatic heterocycles. The summed E-state index contributed by atoms with van der Waals surface area (Å²) in [5, 5.41) is 0. The van der Waals surface area contributed by atoms with Crippen LogP contribution in [0.4, 0.5) is 0 Å². The number of ketones is 1. The van der Waals surface area contributed by atoms with E-state index in [0.717, 1.165) is 55.7 Å². The van der Waals surface area contributed by atoms with Gasteiger partial charge < -0.3 is 19.1 Å². The summed E-state index contributed by atoms with van der Waals surface area (Å²) in [5.41, 5.74) is 2.92. The van der Waals surface area contributed by atoms with E-state index in [2.05, 4.69) is 55.3 Å². The largest absolute Gasteiger partial charge is 0.493 e. The normalized spacial score (nSPS) is 30.4. The van der Waals surface area contributed by atoms with Crippen molar-refractivity contribution < 1.29 is 19.0 Å². The first-order valence-electron chi connectivity index (χ1n) is 12.6. The highest BCUT2D eigenvalue weighted by Crippen LogP contribution is 2.63. The highest BCUT2D eigenvalue weighted by Gasteiger charge is 2.69. The fourth-order valence-corrected chi connectivity index (χ4v) is 7.33. The molecule has 3 aliphatic rings. The van der Waals surface area contributed by atoms with Crippen molar-refractivity contribution in [3.8, 4) is 11.5 Å². The molecule has 0 N–H and O–H groups in total. The molecular weight excluding hydrogens is 426 g/mol. The van der Waals surface area contributed by atoms with Crippen LogP contribution in [0, 0.1) is 5.92 Å². The van der Waals surface area contributed by atoms with Gasteiger partial charge in [0, 0.05) is 36.0 Å². The molecule has 0 spiro atoms. The molecule has 2 aromatic rings. The minimum absolute atomic E-state index is 0.133. The molecule has 2 aliphatic carbocycles. The molecule has 182 valence electrons. The van der Waals surface area contributed by atoms with Crippen molar-refractivity contribution in [2.75, 3.05) is 34.4 Å². The molecule has 1 saturated carbocycles. The number of benzene rings is 2. The minimum atomic E-state index is -0.420. The van der Waals surface area contributed by atoms with Gasteiger partial charge >= 0.3 is 0 Å². The van der Waals surface area contributed by atoms with E-state index in [1.165, 1.54) is 11.1 Å². The van der Waals surface area contributed by atoms with Crippen LogP contribution in [0.5, 0.6) is 11.5 Å². The predicted molar refractivity (Wildman–Crippen MR) is 133 cm³/mol. The van der Waals surface area contributed by atoms with E-state index >= 15 is 0 Å². The van der Waals surface area contributed by atoms with Gasteiger partial charge in [0.15, 0.2) is 11.5 Å². The zero-order valence-corrected chi connectivity index (χ0v) is 20.9. The average molecular weight is 464 g/mol. The van der Waals surface area contributed by atoms with Crippen molar-refractivity contribution in [2.24, 2.45) is 5.92 Å². The number of rotatable bonds is 7. The van der Waals surface area contributed by atoms with Crippen LogP contribution in [-0.4, -0.2) is 56.7 Å². The lowest BCUT2D eigenvalue weighted by molar-refractivity contribution is -0.209. The Kier molecular flexibility index (Phi) is 6.19. The molecular formula is C29H37NO4. The number of piperidine rings is 1. The van der Waals surface area contributed by atoms with Crippen molar-refractivity contribution in [3.05, 3.63) is 59.2 Å². The first-order valence-corrected chi connectivity index (χ1v) is 12.6. The summed E-state index contributed by atoms with van der Waals surface area (Å²) in [7, 11) is 5.62. The van der Waals surface area contributed by atoms with E-state index in [1.54, 1.807) is 14.2 Å². The molecule has 1 aliphatic heterocycles. The molecule has 2 fully saturated rings. The first kappa shape index (κ1) is 23.4. The van der Waals surface area contributed by atoms with Crippen LogP contribution in [0.2, 0.25) is 0 Å². The van der Waals surface area contributed by atoms with Gasteiger partial charge in [-0.2, -0.15) is 0 Å². The van der Waals surface area contributed by atoms with Crippen LogP contribution in [0.3, 0.4) is 0 Å². The van der Waals surface area contributed by atoms with Crippen molar-refractivity contribution in [3.63, 3.8) is 0 Å². The van der Waals surface area contributed by atoms with E-state index in [0.29, 0.717) is 18.8 Å².